The van der Waals surface area contributed by atoms with Crippen molar-refractivity contribution < 1.29 is 9.59 Å². The summed E-state index contributed by atoms with van der Waals surface area (Å²) in [7, 11) is 1.82. The van der Waals surface area contributed by atoms with Crippen LogP contribution in [0.15, 0.2) is 54.7 Å². The number of nitrogens with one attached hydrogen (secondary N) is 2. The van der Waals surface area contributed by atoms with Gasteiger partial charge in [0, 0.05) is 37.2 Å². The fraction of sp³-hybridized carbons (Fsp3) is 0.370. The summed E-state index contributed by atoms with van der Waals surface area (Å²) < 4.78 is 1.68. The summed E-state index contributed by atoms with van der Waals surface area (Å²) >= 11 is 0. The Balaban J connectivity index is 1.18. The Morgan fingerprint density at radius 2 is 1.45 bits per heavy atom. The highest BCUT2D eigenvalue weighted by Gasteiger charge is 2.45. The van der Waals surface area contributed by atoms with Crippen molar-refractivity contribution in [1.29, 1.82) is 0 Å². The van der Waals surface area contributed by atoms with Crippen molar-refractivity contribution in [3.63, 3.8) is 0 Å². The summed E-state index contributed by atoms with van der Waals surface area (Å²) in [5.74, 6) is 1.14. The van der Waals surface area contributed by atoms with Crippen LogP contribution in [0.25, 0.3) is 0 Å². The molecule has 2 saturated carbocycles. The van der Waals surface area contributed by atoms with E-state index < -0.39 is 0 Å². The van der Waals surface area contributed by atoms with Crippen molar-refractivity contribution in [3.8, 4) is 0 Å². The molecule has 2 aliphatic carbocycles. The van der Waals surface area contributed by atoms with E-state index in [2.05, 4.69) is 53.8 Å². The van der Waals surface area contributed by atoms with E-state index >= 15 is 0 Å². The molecule has 0 radical (unpaired) electrons. The van der Waals surface area contributed by atoms with E-state index in [0.29, 0.717) is 18.3 Å². The number of carbonyl (C=O) groups is 2. The van der Waals surface area contributed by atoms with Crippen LogP contribution in [-0.2, 0) is 23.2 Å². The molecule has 33 heavy (non-hydrogen) atoms. The second-order valence-corrected chi connectivity index (χ2v) is 9.49. The molecule has 0 saturated heterocycles. The van der Waals surface area contributed by atoms with Gasteiger partial charge in [0.1, 0.15) is 0 Å². The van der Waals surface area contributed by atoms with Crippen molar-refractivity contribution in [2.45, 2.75) is 45.1 Å². The first kappa shape index (κ1) is 21.4. The lowest BCUT2D eigenvalue weighted by Gasteiger charge is -2.08. The molecule has 2 amide bonds. The zero-order chi connectivity index (χ0) is 23.1. The second-order valence-electron chi connectivity index (χ2n) is 9.49. The number of hydrogen-bond donors (Lipinski definition) is 2. The average Bonchev–Trinajstić information content (AvgIpc) is 3.70. The quantitative estimate of drug-likeness (QED) is 0.576. The fourth-order valence-corrected chi connectivity index (χ4v) is 4.96. The van der Waals surface area contributed by atoms with Crippen LogP contribution in [0.1, 0.15) is 52.5 Å². The molecule has 4 atom stereocenters. The van der Waals surface area contributed by atoms with E-state index in [9.17, 15) is 9.59 Å². The van der Waals surface area contributed by atoms with Crippen molar-refractivity contribution in [2.75, 3.05) is 5.32 Å². The van der Waals surface area contributed by atoms with E-state index in [-0.39, 0.29) is 29.6 Å². The number of nitrogens with zero attached hydrogens (tertiary/aromatic N) is 2. The van der Waals surface area contributed by atoms with E-state index in [1.54, 1.807) is 4.68 Å². The Morgan fingerprint density at radius 1 is 0.909 bits per heavy atom. The Hall–Kier alpha value is -3.41. The Labute approximate surface area is 194 Å². The third-order valence-corrected chi connectivity index (χ3v) is 7.03. The number of aromatic nitrogens is 2. The zero-order valence-electron chi connectivity index (χ0n) is 19.3. The molecule has 0 bridgehead atoms. The van der Waals surface area contributed by atoms with Gasteiger partial charge in [0.15, 0.2) is 5.82 Å². The SMILES string of the molecule is Cc1ccccc1[C@@H]1C[C@@H]1C(=O)Nc1nn(C)cc1CNC(=O)[C@@H]1C[C@H]1c1ccccc1C. The first-order valence-corrected chi connectivity index (χ1v) is 11.6. The number of rotatable bonds is 7. The smallest absolute Gasteiger partial charge is 0.229 e. The van der Waals surface area contributed by atoms with Crippen molar-refractivity contribution in [3.05, 3.63) is 82.5 Å². The predicted molar refractivity (Wildman–Crippen MR) is 128 cm³/mol. The molecule has 2 N–H and O–H groups in total. The molecule has 2 aromatic carbocycles. The van der Waals surface area contributed by atoms with Gasteiger partial charge in [0.25, 0.3) is 0 Å². The molecule has 0 aliphatic heterocycles. The van der Waals surface area contributed by atoms with Gasteiger partial charge in [-0.15, -0.1) is 0 Å². The van der Waals surface area contributed by atoms with Crippen LogP contribution < -0.4 is 10.6 Å². The first-order chi connectivity index (χ1) is 15.9. The number of carbonyl (C=O) groups excluding carboxylic acids is 2. The maximum absolute atomic E-state index is 12.9. The maximum Gasteiger partial charge on any atom is 0.229 e. The largest absolute Gasteiger partial charge is 0.352 e. The van der Waals surface area contributed by atoms with Gasteiger partial charge in [-0.05, 0) is 60.8 Å². The topological polar surface area (TPSA) is 76.0 Å². The number of anilines is 1. The molecule has 3 aromatic rings. The Bertz CT molecular complexity index is 1210. The van der Waals surface area contributed by atoms with Crippen molar-refractivity contribution >= 4 is 17.6 Å². The van der Waals surface area contributed by atoms with E-state index in [4.69, 9.17) is 0 Å². The minimum atomic E-state index is -0.0307. The lowest BCUT2D eigenvalue weighted by atomic mass is 10.0. The monoisotopic (exact) mass is 442 g/mol. The van der Waals surface area contributed by atoms with Crippen LogP contribution in [0.5, 0.6) is 0 Å². The summed E-state index contributed by atoms with van der Waals surface area (Å²) in [4.78, 5) is 25.6. The van der Waals surface area contributed by atoms with Gasteiger partial charge >= 0.3 is 0 Å². The summed E-state index contributed by atoms with van der Waals surface area (Å²) in [6.07, 6.45) is 3.60. The Morgan fingerprint density at radius 3 is 2.03 bits per heavy atom. The van der Waals surface area contributed by atoms with Crippen molar-refractivity contribution in [2.24, 2.45) is 18.9 Å². The molecule has 0 spiro atoms. The normalized spacial score (nSPS) is 23.1. The summed E-state index contributed by atoms with van der Waals surface area (Å²) in [5, 5.41) is 10.5. The van der Waals surface area contributed by atoms with Gasteiger partial charge in [0.2, 0.25) is 11.8 Å². The van der Waals surface area contributed by atoms with Gasteiger partial charge in [-0.25, -0.2) is 0 Å². The molecule has 5 rings (SSSR count). The fourth-order valence-electron chi connectivity index (χ4n) is 4.96. The van der Waals surface area contributed by atoms with Crippen LogP contribution in [0, 0.1) is 25.7 Å². The predicted octanol–water partition coefficient (Wildman–Crippen LogP) is 4.20. The molecule has 1 aromatic heterocycles. The van der Waals surface area contributed by atoms with Crippen LogP contribution in [0.4, 0.5) is 5.82 Å². The molecule has 2 fully saturated rings. The van der Waals surface area contributed by atoms with Gasteiger partial charge in [-0.3, -0.25) is 14.3 Å². The highest BCUT2D eigenvalue weighted by atomic mass is 16.2. The molecular formula is C27H30N4O2. The lowest BCUT2D eigenvalue weighted by molar-refractivity contribution is -0.122. The summed E-state index contributed by atoms with van der Waals surface area (Å²) in [6, 6.07) is 16.5. The Kier molecular flexibility index (Phi) is 5.52. The van der Waals surface area contributed by atoms with E-state index in [0.717, 1.165) is 18.4 Å². The number of benzene rings is 2. The molecule has 1 heterocycles. The van der Waals surface area contributed by atoms with Crippen LogP contribution in [0.3, 0.4) is 0 Å². The molecule has 0 unspecified atom stereocenters. The van der Waals surface area contributed by atoms with Crippen LogP contribution in [-0.4, -0.2) is 21.6 Å². The third-order valence-electron chi connectivity index (χ3n) is 7.03. The zero-order valence-corrected chi connectivity index (χ0v) is 19.3. The maximum atomic E-state index is 12.9. The standard InChI is InChI=1S/C27H30N4O2/c1-16-8-4-6-10-19(16)21-12-23(21)26(32)28-14-18-15-31(3)30-25(18)29-27(33)24-13-22(24)20-11-7-5-9-17(20)2/h4-11,15,21-24H,12-14H2,1-3H3,(H,28,32)(H,29,30,33)/t21-,22-,23+,24-/m0/s1. The molecule has 170 valence electrons. The third kappa shape index (κ3) is 4.42. The number of amides is 2. The molecular weight excluding hydrogens is 412 g/mol. The minimum Gasteiger partial charge on any atom is -0.352 e. The van der Waals surface area contributed by atoms with Gasteiger partial charge in [-0.2, -0.15) is 5.10 Å². The van der Waals surface area contributed by atoms with Gasteiger partial charge < -0.3 is 10.6 Å². The summed E-state index contributed by atoms with van der Waals surface area (Å²) in [6.45, 7) is 4.54. The number of hydrogen-bond acceptors (Lipinski definition) is 3. The van der Waals surface area contributed by atoms with E-state index in [1.807, 2.05) is 37.5 Å². The van der Waals surface area contributed by atoms with Gasteiger partial charge in [-0.1, -0.05) is 48.5 Å². The highest BCUT2D eigenvalue weighted by molar-refractivity contribution is 5.95. The van der Waals surface area contributed by atoms with Gasteiger partial charge in [0.05, 0.1) is 0 Å². The van der Waals surface area contributed by atoms with Crippen molar-refractivity contribution in [1.82, 2.24) is 15.1 Å². The minimum absolute atomic E-state index is 0.00339. The first-order valence-electron chi connectivity index (χ1n) is 11.6. The number of aryl methyl sites for hydroxylation is 3. The molecule has 6 nitrogen and oxygen atoms in total. The summed E-state index contributed by atoms with van der Waals surface area (Å²) in [5.41, 5.74) is 5.79. The second kappa shape index (κ2) is 8.50. The van der Waals surface area contributed by atoms with Crippen LogP contribution >= 0.6 is 0 Å². The van der Waals surface area contributed by atoms with Crippen LogP contribution in [0.2, 0.25) is 0 Å². The highest BCUT2D eigenvalue weighted by Crippen LogP contribution is 2.49. The molecule has 6 heteroatoms. The van der Waals surface area contributed by atoms with E-state index in [1.165, 1.54) is 22.3 Å². The lowest BCUT2D eigenvalue weighted by Crippen LogP contribution is -2.25. The average molecular weight is 443 g/mol. The molecule has 2 aliphatic rings.